The highest BCUT2D eigenvalue weighted by molar-refractivity contribution is 5.05. The van der Waals surface area contributed by atoms with Gasteiger partial charge >= 0.3 is 0 Å². The number of allylic oxidation sites excluding steroid dienone is 2. The summed E-state index contributed by atoms with van der Waals surface area (Å²) in [5.74, 6) is 0. The predicted molar refractivity (Wildman–Crippen MR) is 48.0 cm³/mol. The second-order valence-corrected chi connectivity index (χ2v) is 3.85. The Balaban J connectivity index is 4.59. The van der Waals surface area contributed by atoms with E-state index < -0.39 is 0 Å². The Morgan fingerprint density at radius 1 is 0.800 bits per heavy atom. The van der Waals surface area contributed by atoms with Gasteiger partial charge in [0.1, 0.15) is 0 Å². The zero-order chi connectivity index (χ0) is 8.41. The van der Waals surface area contributed by atoms with Crippen LogP contribution in [0.4, 0.5) is 0 Å². The Bertz CT molecular complexity index is 120. The van der Waals surface area contributed by atoms with Crippen molar-refractivity contribution >= 4 is 0 Å². The fourth-order valence-electron chi connectivity index (χ4n) is 0.526. The van der Waals surface area contributed by atoms with Gasteiger partial charge in [-0.25, -0.2) is 0 Å². The highest BCUT2D eigenvalue weighted by atomic mass is 14.3. The van der Waals surface area contributed by atoms with Gasteiger partial charge in [-0.2, -0.15) is 0 Å². The molecular formula is C10H18. The van der Waals surface area contributed by atoms with Crippen LogP contribution in [0.5, 0.6) is 0 Å². The minimum absolute atomic E-state index is 0.134. The van der Waals surface area contributed by atoms with E-state index in [0.717, 1.165) is 0 Å². The molecule has 0 saturated carbocycles. The normalized spacial score (nSPS) is 12.8. The quantitative estimate of drug-likeness (QED) is 0.524. The Hall–Kier alpha value is -0.520. The second-order valence-electron chi connectivity index (χ2n) is 3.85. The summed E-state index contributed by atoms with van der Waals surface area (Å²) in [6.45, 7) is 16.3. The minimum Gasteiger partial charge on any atom is -0.103 e. The van der Waals surface area contributed by atoms with Gasteiger partial charge in [-0.1, -0.05) is 39.8 Å². The molecular weight excluding hydrogens is 120 g/mol. The molecule has 0 unspecified atom stereocenters. The lowest BCUT2D eigenvalue weighted by Gasteiger charge is -2.36. The van der Waals surface area contributed by atoms with Crippen molar-refractivity contribution in [2.45, 2.75) is 27.7 Å². The Labute approximate surface area is 64.6 Å². The maximum Gasteiger partial charge on any atom is -0.00920 e. The first-order chi connectivity index (χ1) is 4.37. The maximum absolute atomic E-state index is 3.80. The zero-order valence-electron chi connectivity index (χ0n) is 7.57. The SMILES string of the molecule is C=CC(C)(C)C(C)(C)C=C. The number of hydrogen-bond donors (Lipinski definition) is 0. The Morgan fingerprint density at radius 2 is 1.00 bits per heavy atom. The van der Waals surface area contributed by atoms with Crippen molar-refractivity contribution in [3.05, 3.63) is 25.3 Å². The molecule has 0 spiro atoms. The van der Waals surface area contributed by atoms with E-state index in [1.807, 2.05) is 12.2 Å². The first kappa shape index (κ1) is 9.48. The number of rotatable bonds is 3. The molecule has 0 aromatic carbocycles. The van der Waals surface area contributed by atoms with Gasteiger partial charge in [-0.3, -0.25) is 0 Å². The smallest absolute Gasteiger partial charge is 0.00920 e. The van der Waals surface area contributed by atoms with Crippen LogP contribution in [0.25, 0.3) is 0 Å². The molecule has 0 amide bonds. The summed E-state index contributed by atoms with van der Waals surface area (Å²) in [4.78, 5) is 0. The first-order valence-electron chi connectivity index (χ1n) is 3.64. The zero-order valence-corrected chi connectivity index (χ0v) is 7.57. The van der Waals surface area contributed by atoms with E-state index in [0.29, 0.717) is 0 Å². The van der Waals surface area contributed by atoms with E-state index in [-0.39, 0.29) is 10.8 Å². The van der Waals surface area contributed by atoms with Gasteiger partial charge in [0, 0.05) is 0 Å². The van der Waals surface area contributed by atoms with Crippen molar-refractivity contribution in [3.63, 3.8) is 0 Å². The fraction of sp³-hybridized carbons (Fsp3) is 0.600. The van der Waals surface area contributed by atoms with Gasteiger partial charge in [0.2, 0.25) is 0 Å². The third-order valence-corrected chi connectivity index (χ3v) is 2.68. The van der Waals surface area contributed by atoms with Crippen LogP contribution >= 0.6 is 0 Å². The fourth-order valence-corrected chi connectivity index (χ4v) is 0.526. The van der Waals surface area contributed by atoms with Crippen LogP contribution in [-0.2, 0) is 0 Å². The van der Waals surface area contributed by atoms with Gasteiger partial charge in [0.15, 0.2) is 0 Å². The maximum atomic E-state index is 3.80. The molecule has 0 heteroatoms. The van der Waals surface area contributed by atoms with Crippen LogP contribution < -0.4 is 0 Å². The van der Waals surface area contributed by atoms with Crippen molar-refractivity contribution in [2.24, 2.45) is 10.8 Å². The highest BCUT2D eigenvalue weighted by Gasteiger charge is 2.30. The summed E-state index contributed by atoms with van der Waals surface area (Å²) in [5.41, 5.74) is 0.267. The lowest BCUT2D eigenvalue weighted by atomic mass is 9.68. The molecule has 0 heterocycles. The van der Waals surface area contributed by atoms with Crippen LogP contribution in [0.1, 0.15) is 27.7 Å². The van der Waals surface area contributed by atoms with Crippen LogP contribution in [0, 0.1) is 10.8 Å². The molecule has 0 N–H and O–H groups in total. The van der Waals surface area contributed by atoms with E-state index >= 15 is 0 Å². The van der Waals surface area contributed by atoms with Crippen LogP contribution in [0.15, 0.2) is 25.3 Å². The molecule has 0 radical (unpaired) electrons. The monoisotopic (exact) mass is 138 g/mol. The average molecular weight is 138 g/mol. The molecule has 0 aliphatic rings. The van der Waals surface area contributed by atoms with Crippen molar-refractivity contribution < 1.29 is 0 Å². The van der Waals surface area contributed by atoms with Crippen LogP contribution in [0.2, 0.25) is 0 Å². The molecule has 0 aliphatic heterocycles. The third kappa shape index (κ3) is 1.50. The van der Waals surface area contributed by atoms with Gasteiger partial charge in [-0.05, 0) is 10.8 Å². The summed E-state index contributed by atoms with van der Waals surface area (Å²) in [6.07, 6.45) is 3.96. The molecule has 0 aliphatic carbocycles. The summed E-state index contributed by atoms with van der Waals surface area (Å²) in [7, 11) is 0. The molecule has 0 nitrogen and oxygen atoms in total. The topological polar surface area (TPSA) is 0 Å². The average Bonchev–Trinajstić information content (AvgIpc) is 1.88. The van der Waals surface area contributed by atoms with Crippen molar-refractivity contribution in [3.8, 4) is 0 Å². The minimum atomic E-state index is 0.134. The lowest BCUT2D eigenvalue weighted by molar-refractivity contribution is 0.234. The number of hydrogen-bond acceptors (Lipinski definition) is 0. The highest BCUT2D eigenvalue weighted by Crippen LogP contribution is 2.39. The van der Waals surface area contributed by atoms with Crippen molar-refractivity contribution in [2.75, 3.05) is 0 Å². The molecule has 0 aromatic rings. The molecule has 0 saturated heterocycles. The third-order valence-electron chi connectivity index (χ3n) is 2.68. The van der Waals surface area contributed by atoms with Crippen LogP contribution in [0.3, 0.4) is 0 Å². The van der Waals surface area contributed by atoms with Crippen LogP contribution in [-0.4, -0.2) is 0 Å². The standard InChI is InChI=1S/C10H18/c1-7-9(3,4)10(5,6)8-2/h7-8H,1-2H2,3-6H3. The molecule has 0 bridgehead atoms. The van der Waals surface area contributed by atoms with E-state index in [1.54, 1.807) is 0 Å². The van der Waals surface area contributed by atoms with Gasteiger partial charge in [0.25, 0.3) is 0 Å². The summed E-state index contributed by atoms with van der Waals surface area (Å²) < 4.78 is 0. The summed E-state index contributed by atoms with van der Waals surface area (Å²) in [5, 5.41) is 0. The van der Waals surface area contributed by atoms with Crippen molar-refractivity contribution in [1.82, 2.24) is 0 Å². The van der Waals surface area contributed by atoms with Gasteiger partial charge in [0.05, 0.1) is 0 Å². The predicted octanol–water partition coefficient (Wildman–Crippen LogP) is 3.41. The summed E-state index contributed by atoms with van der Waals surface area (Å²) >= 11 is 0. The van der Waals surface area contributed by atoms with E-state index in [4.69, 9.17) is 0 Å². The van der Waals surface area contributed by atoms with E-state index in [1.165, 1.54) is 0 Å². The summed E-state index contributed by atoms with van der Waals surface area (Å²) in [6, 6.07) is 0. The Kier molecular flexibility index (Phi) is 2.48. The molecule has 58 valence electrons. The molecule has 0 atom stereocenters. The molecule has 0 aromatic heterocycles. The van der Waals surface area contributed by atoms with E-state index in [9.17, 15) is 0 Å². The molecule has 10 heavy (non-hydrogen) atoms. The largest absolute Gasteiger partial charge is 0.103 e. The van der Waals surface area contributed by atoms with Crippen molar-refractivity contribution in [1.29, 1.82) is 0 Å². The second kappa shape index (κ2) is 2.61. The van der Waals surface area contributed by atoms with Gasteiger partial charge < -0.3 is 0 Å². The molecule has 0 fully saturated rings. The van der Waals surface area contributed by atoms with E-state index in [2.05, 4.69) is 40.9 Å². The lowest BCUT2D eigenvalue weighted by Crippen LogP contribution is -2.27. The Morgan fingerprint density at radius 3 is 1.10 bits per heavy atom. The first-order valence-corrected chi connectivity index (χ1v) is 3.64. The van der Waals surface area contributed by atoms with Gasteiger partial charge in [-0.15, -0.1) is 13.2 Å². The molecule has 0 rings (SSSR count).